The maximum atomic E-state index is 5.05. The molecule has 0 spiro atoms. The molecule has 1 aromatic heterocycles. The van der Waals surface area contributed by atoms with Gasteiger partial charge in [0.1, 0.15) is 0 Å². The van der Waals surface area contributed by atoms with E-state index in [9.17, 15) is 0 Å². The Morgan fingerprint density at radius 1 is 1.75 bits per heavy atom. The van der Waals surface area contributed by atoms with Gasteiger partial charge in [0.15, 0.2) is 0 Å². The van der Waals surface area contributed by atoms with E-state index in [4.69, 9.17) is 4.74 Å². The molecule has 1 aromatic rings. The first-order valence-corrected chi connectivity index (χ1v) is 4.60. The van der Waals surface area contributed by atoms with Gasteiger partial charge in [-0.15, -0.1) is 5.10 Å². The van der Waals surface area contributed by atoms with Crippen LogP contribution in [0.25, 0.3) is 0 Å². The summed E-state index contributed by atoms with van der Waals surface area (Å²) in [5.74, 6) is 0.655. The van der Waals surface area contributed by atoms with Crippen LogP contribution in [0.1, 0.15) is 6.04 Å². The second-order valence-electron chi connectivity index (χ2n) is 2.78. The average Bonchev–Trinajstić information content (AvgIpc) is 2.27. The summed E-state index contributed by atoms with van der Waals surface area (Å²) in [7, 11) is 1.62. The molecule has 1 N–H and O–H groups in total. The van der Waals surface area contributed by atoms with E-state index in [1.165, 1.54) is 0 Å². The zero-order chi connectivity index (χ0) is 8.55. The lowest BCUT2D eigenvalue weighted by Crippen LogP contribution is -2.43. The highest BCUT2D eigenvalue weighted by Gasteiger charge is 2.20. The van der Waals surface area contributed by atoms with E-state index in [1.54, 1.807) is 7.11 Å². The lowest BCUT2D eigenvalue weighted by molar-refractivity contribution is 0.306. The number of rotatable bonds is 2. The Bertz CT molecular complexity index is 282. The van der Waals surface area contributed by atoms with Crippen molar-refractivity contribution in [3.8, 4) is 5.88 Å². The van der Waals surface area contributed by atoms with Crippen LogP contribution in [0.5, 0.6) is 5.88 Å². The summed E-state index contributed by atoms with van der Waals surface area (Å²) in [6, 6.07) is 0.491. The van der Waals surface area contributed by atoms with E-state index in [1.807, 2.05) is 10.9 Å². The van der Waals surface area contributed by atoms with Crippen LogP contribution >= 0.6 is 15.9 Å². The van der Waals surface area contributed by atoms with Gasteiger partial charge in [-0.1, -0.05) is 0 Å². The van der Waals surface area contributed by atoms with Crippen LogP contribution in [0.15, 0.2) is 10.7 Å². The molecule has 5 heteroatoms. The minimum atomic E-state index is 0.491. The normalized spacial score (nSPS) is 17.5. The molecule has 4 nitrogen and oxygen atoms in total. The fourth-order valence-electron chi connectivity index (χ4n) is 1.14. The quantitative estimate of drug-likeness (QED) is 0.819. The Morgan fingerprint density at radius 3 is 2.92 bits per heavy atom. The van der Waals surface area contributed by atoms with Gasteiger partial charge in [0.05, 0.1) is 17.6 Å². The van der Waals surface area contributed by atoms with Gasteiger partial charge in [-0.05, 0) is 15.9 Å². The molecule has 66 valence electrons. The van der Waals surface area contributed by atoms with Gasteiger partial charge in [-0.3, -0.25) is 4.68 Å². The Morgan fingerprint density at radius 2 is 2.50 bits per heavy atom. The lowest BCUT2D eigenvalue weighted by Gasteiger charge is -2.26. The Balaban J connectivity index is 2.21. The third-order valence-corrected chi connectivity index (χ3v) is 2.53. The maximum absolute atomic E-state index is 5.05. The van der Waals surface area contributed by atoms with Gasteiger partial charge in [0.2, 0.25) is 5.88 Å². The molecule has 1 aliphatic heterocycles. The van der Waals surface area contributed by atoms with Crippen molar-refractivity contribution in [2.45, 2.75) is 6.04 Å². The highest BCUT2D eigenvalue weighted by molar-refractivity contribution is 9.10. The first-order chi connectivity index (χ1) is 5.81. The van der Waals surface area contributed by atoms with Crippen LogP contribution in [0.3, 0.4) is 0 Å². The fraction of sp³-hybridized carbons (Fsp3) is 0.571. The molecular weight excluding hydrogens is 222 g/mol. The number of methoxy groups -OCH3 is 1. The van der Waals surface area contributed by atoms with Crippen molar-refractivity contribution >= 4 is 15.9 Å². The number of ether oxygens (including phenoxy) is 1. The summed E-state index contributed by atoms with van der Waals surface area (Å²) >= 11 is 3.37. The second kappa shape index (κ2) is 3.06. The Labute approximate surface area is 79.0 Å². The zero-order valence-electron chi connectivity index (χ0n) is 6.75. The van der Waals surface area contributed by atoms with Crippen molar-refractivity contribution in [2.24, 2.45) is 0 Å². The van der Waals surface area contributed by atoms with E-state index >= 15 is 0 Å². The molecule has 0 aliphatic carbocycles. The lowest BCUT2D eigenvalue weighted by atomic mass is 10.2. The Kier molecular flexibility index (Phi) is 2.06. The van der Waals surface area contributed by atoms with E-state index in [-0.39, 0.29) is 0 Å². The van der Waals surface area contributed by atoms with Gasteiger partial charge >= 0.3 is 0 Å². The third-order valence-electron chi connectivity index (χ3n) is 1.98. The predicted molar refractivity (Wildman–Crippen MR) is 48.4 cm³/mol. The predicted octanol–water partition coefficient (Wildman–Crippen LogP) is 0.798. The molecule has 2 heterocycles. The van der Waals surface area contributed by atoms with Crippen molar-refractivity contribution in [1.82, 2.24) is 15.1 Å². The SMILES string of the molecule is COc1nn(C2CNC2)cc1Br. The van der Waals surface area contributed by atoms with Gasteiger partial charge in [-0.25, -0.2) is 0 Å². The molecule has 0 atom stereocenters. The number of aromatic nitrogens is 2. The maximum Gasteiger partial charge on any atom is 0.247 e. The molecular formula is C7H10BrN3O. The van der Waals surface area contributed by atoms with Gasteiger partial charge in [0, 0.05) is 19.3 Å². The average molecular weight is 232 g/mol. The van der Waals surface area contributed by atoms with Crippen molar-refractivity contribution in [1.29, 1.82) is 0 Å². The van der Waals surface area contributed by atoms with Crippen LogP contribution in [0.4, 0.5) is 0 Å². The molecule has 0 bridgehead atoms. The van der Waals surface area contributed by atoms with Gasteiger partial charge in [-0.2, -0.15) is 0 Å². The fourth-order valence-corrected chi connectivity index (χ4v) is 1.59. The number of nitrogens with one attached hydrogen (secondary N) is 1. The van der Waals surface area contributed by atoms with E-state index in [2.05, 4.69) is 26.3 Å². The first kappa shape index (κ1) is 8.07. The molecule has 0 radical (unpaired) electrons. The number of hydrogen-bond donors (Lipinski definition) is 1. The summed E-state index contributed by atoms with van der Waals surface area (Å²) in [6.07, 6.45) is 1.95. The molecule has 0 saturated carbocycles. The van der Waals surface area contributed by atoms with Crippen LogP contribution < -0.4 is 10.1 Å². The molecule has 0 aromatic carbocycles. The van der Waals surface area contributed by atoms with Crippen molar-refractivity contribution in [3.63, 3.8) is 0 Å². The van der Waals surface area contributed by atoms with Gasteiger partial charge < -0.3 is 10.1 Å². The van der Waals surface area contributed by atoms with Crippen LogP contribution in [-0.4, -0.2) is 30.0 Å². The molecule has 1 fully saturated rings. The highest BCUT2D eigenvalue weighted by Crippen LogP contribution is 2.24. The third kappa shape index (κ3) is 1.23. The summed E-state index contributed by atoms with van der Waals surface area (Å²) < 4.78 is 7.89. The summed E-state index contributed by atoms with van der Waals surface area (Å²) in [5.41, 5.74) is 0. The standard InChI is InChI=1S/C7H10BrN3O/c1-12-7-6(8)4-11(10-7)5-2-9-3-5/h4-5,9H,2-3H2,1H3. The summed E-state index contributed by atoms with van der Waals surface area (Å²) in [5, 5.41) is 7.45. The van der Waals surface area contributed by atoms with E-state index in [0.717, 1.165) is 17.6 Å². The topological polar surface area (TPSA) is 39.1 Å². The minimum absolute atomic E-state index is 0.491. The highest BCUT2D eigenvalue weighted by atomic mass is 79.9. The van der Waals surface area contributed by atoms with E-state index < -0.39 is 0 Å². The number of halogens is 1. The summed E-state index contributed by atoms with van der Waals surface area (Å²) in [6.45, 7) is 1.99. The largest absolute Gasteiger partial charge is 0.479 e. The van der Waals surface area contributed by atoms with E-state index in [0.29, 0.717) is 11.9 Å². The first-order valence-electron chi connectivity index (χ1n) is 3.80. The second-order valence-corrected chi connectivity index (χ2v) is 3.63. The summed E-state index contributed by atoms with van der Waals surface area (Å²) in [4.78, 5) is 0. The monoisotopic (exact) mass is 231 g/mol. The van der Waals surface area contributed by atoms with Crippen LogP contribution in [0.2, 0.25) is 0 Å². The molecule has 0 unspecified atom stereocenters. The molecule has 0 amide bonds. The molecule has 12 heavy (non-hydrogen) atoms. The van der Waals surface area contributed by atoms with Crippen molar-refractivity contribution in [3.05, 3.63) is 10.7 Å². The smallest absolute Gasteiger partial charge is 0.247 e. The zero-order valence-corrected chi connectivity index (χ0v) is 8.34. The minimum Gasteiger partial charge on any atom is -0.479 e. The molecule has 2 rings (SSSR count). The van der Waals surface area contributed by atoms with Crippen molar-refractivity contribution < 1.29 is 4.74 Å². The van der Waals surface area contributed by atoms with Gasteiger partial charge in [0.25, 0.3) is 0 Å². The van der Waals surface area contributed by atoms with Crippen LogP contribution in [0, 0.1) is 0 Å². The Hall–Kier alpha value is -0.550. The van der Waals surface area contributed by atoms with Crippen molar-refractivity contribution in [2.75, 3.05) is 20.2 Å². The number of nitrogens with zero attached hydrogens (tertiary/aromatic N) is 2. The number of hydrogen-bond acceptors (Lipinski definition) is 3. The molecule has 1 aliphatic rings. The van der Waals surface area contributed by atoms with Crippen LogP contribution in [-0.2, 0) is 0 Å². The molecule has 1 saturated heterocycles.